The van der Waals surface area contributed by atoms with Gasteiger partial charge in [-0.25, -0.2) is 18.2 Å². The van der Waals surface area contributed by atoms with Crippen molar-refractivity contribution in [2.24, 2.45) is 10.9 Å². The van der Waals surface area contributed by atoms with Crippen molar-refractivity contribution in [1.29, 1.82) is 0 Å². The second-order valence-electron chi connectivity index (χ2n) is 9.31. The van der Waals surface area contributed by atoms with Crippen molar-refractivity contribution < 1.29 is 28.0 Å². The number of amides is 1. The number of aromatic nitrogens is 1. The molecule has 2 aliphatic rings. The maximum Gasteiger partial charge on any atom is 0.330 e. The predicted octanol–water partition coefficient (Wildman–Crippen LogP) is 1.52. The van der Waals surface area contributed by atoms with Crippen LogP contribution in [0.15, 0.2) is 33.6 Å². The first-order valence-corrected chi connectivity index (χ1v) is 15.4. The molecule has 1 fully saturated rings. The lowest BCUT2D eigenvalue weighted by Crippen LogP contribution is -2.59. The molecule has 1 saturated heterocycles. The highest BCUT2D eigenvalue weighted by Gasteiger charge is 2.42. The first-order valence-electron chi connectivity index (χ1n) is 12.3. The van der Waals surface area contributed by atoms with E-state index in [1.807, 2.05) is 7.05 Å². The van der Waals surface area contributed by atoms with E-state index < -0.39 is 27.9 Å². The Morgan fingerprint density at radius 1 is 1.23 bits per heavy atom. The van der Waals surface area contributed by atoms with Gasteiger partial charge < -0.3 is 25.5 Å². The number of benzene rings is 1. The first-order chi connectivity index (χ1) is 18.6. The van der Waals surface area contributed by atoms with Crippen LogP contribution < -0.4 is 5.73 Å². The molecule has 15 heteroatoms. The number of amidine groups is 1. The molecule has 4 heterocycles. The van der Waals surface area contributed by atoms with Crippen molar-refractivity contribution in [2.45, 2.75) is 30.1 Å². The molecular weight excluding hydrogens is 565 g/mol. The number of carbonyl (C=O) groups is 2. The average Bonchev–Trinajstić information content (AvgIpc) is 3.56. The van der Waals surface area contributed by atoms with Crippen LogP contribution in [0.5, 0.6) is 0 Å². The van der Waals surface area contributed by atoms with Crippen LogP contribution >= 0.6 is 22.7 Å². The van der Waals surface area contributed by atoms with Gasteiger partial charge in [-0.05, 0) is 43.6 Å². The third-order valence-electron chi connectivity index (χ3n) is 6.76. The van der Waals surface area contributed by atoms with E-state index in [2.05, 4.69) is 15.0 Å². The van der Waals surface area contributed by atoms with Crippen molar-refractivity contribution in [3.8, 4) is 0 Å². The number of esters is 1. The van der Waals surface area contributed by atoms with Crippen molar-refractivity contribution >= 4 is 60.5 Å². The Kier molecular flexibility index (Phi) is 7.61. The molecule has 0 bridgehead atoms. The Morgan fingerprint density at radius 3 is 2.77 bits per heavy atom. The second-order valence-corrected chi connectivity index (χ2v) is 13.6. The molecule has 2 aliphatic heterocycles. The van der Waals surface area contributed by atoms with Gasteiger partial charge in [-0.2, -0.15) is 4.31 Å². The number of nitrogens with zero attached hydrogens (tertiary/aromatic N) is 5. The normalized spacial score (nSPS) is 19.3. The number of hydrogen-bond acceptors (Lipinski definition) is 11. The fourth-order valence-electron chi connectivity index (χ4n) is 4.69. The van der Waals surface area contributed by atoms with Gasteiger partial charge in [0.05, 0.1) is 12.3 Å². The van der Waals surface area contributed by atoms with E-state index in [9.17, 15) is 18.0 Å². The van der Waals surface area contributed by atoms with Gasteiger partial charge in [0.2, 0.25) is 0 Å². The summed E-state index contributed by atoms with van der Waals surface area (Å²) in [6.07, 6.45) is 0.749. The highest BCUT2D eigenvalue weighted by molar-refractivity contribution is 7.91. The lowest BCUT2D eigenvalue weighted by molar-refractivity contribution is -0.149. The number of piperazine rings is 1. The number of likely N-dealkylation sites (N-methyl/N-ethyl adjacent to an activating group) is 1. The number of fused-ring (bicyclic) bond motifs is 2. The van der Waals surface area contributed by atoms with Gasteiger partial charge in [0, 0.05) is 54.3 Å². The average molecular weight is 593 g/mol. The molecule has 1 atom stereocenters. The molecule has 0 saturated carbocycles. The molecule has 208 valence electrons. The Morgan fingerprint density at radius 2 is 2.03 bits per heavy atom. The van der Waals surface area contributed by atoms with Crippen molar-refractivity contribution in [1.82, 2.24) is 19.1 Å². The molecule has 0 radical (unpaired) electrons. The van der Waals surface area contributed by atoms with Crippen LogP contribution in [-0.4, -0.2) is 96.3 Å². The molecule has 3 N–H and O–H groups in total. The summed E-state index contributed by atoms with van der Waals surface area (Å²) in [7, 11) is -1.98. The number of hydrogen-bond donors (Lipinski definition) is 2. The summed E-state index contributed by atoms with van der Waals surface area (Å²) in [4.78, 5) is 35.6. The summed E-state index contributed by atoms with van der Waals surface area (Å²) in [5, 5.41) is 12.9. The Balaban J connectivity index is 1.41. The molecule has 12 nitrogen and oxygen atoms in total. The summed E-state index contributed by atoms with van der Waals surface area (Å²) in [5.74, 6) is -1.14. The number of sulfonamides is 1. The van der Waals surface area contributed by atoms with Gasteiger partial charge in [0.15, 0.2) is 10.8 Å². The zero-order chi connectivity index (χ0) is 27.9. The van der Waals surface area contributed by atoms with Crippen molar-refractivity contribution in [3.63, 3.8) is 0 Å². The van der Waals surface area contributed by atoms with Gasteiger partial charge in [-0.3, -0.25) is 4.79 Å². The van der Waals surface area contributed by atoms with Gasteiger partial charge >= 0.3 is 5.97 Å². The van der Waals surface area contributed by atoms with Gasteiger partial charge in [-0.15, -0.1) is 22.7 Å². The Bertz CT molecular complexity index is 1570. The van der Waals surface area contributed by atoms with E-state index in [1.165, 1.54) is 26.6 Å². The lowest BCUT2D eigenvalue weighted by atomic mass is 10.1. The number of ether oxygens (including phenoxy) is 1. The van der Waals surface area contributed by atoms with E-state index >= 15 is 0 Å². The molecule has 1 unspecified atom stereocenters. The zero-order valence-electron chi connectivity index (χ0n) is 21.4. The number of nitrogens with two attached hydrogens (primary N) is 1. The monoisotopic (exact) mass is 592 g/mol. The fraction of sp³-hybridized carbons (Fsp3) is 0.417. The summed E-state index contributed by atoms with van der Waals surface area (Å²) in [5.41, 5.74) is 7.03. The summed E-state index contributed by atoms with van der Waals surface area (Å²) in [6.45, 7) is 3.13. The van der Waals surface area contributed by atoms with E-state index in [4.69, 9.17) is 15.7 Å². The van der Waals surface area contributed by atoms with E-state index in [0.29, 0.717) is 27.2 Å². The van der Waals surface area contributed by atoms with Crippen LogP contribution in [0.3, 0.4) is 0 Å². The van der Waals surface area contributed by atoms with Crippen LogP contribution in [-0.2, 0) is 32.5 Å². The van der Waals surface area contributed by atoms with Crippen molar-refractivity contribution in [2.75, 3.05) is 39.8 Å². The van der Waals surface area contributed by atoms with E-state index in [-0.39, 0.29) is 36.3 Å². The predicted molar refractivity (Wildman–Crippen MR) is 147 cm³/mol. The largest absolute Gasteiger partial charge is 0.464 e. The van der Waals surface area contributed by atoms with E-state index in [1.54, 1.807) is 25.1 Å². The number of thiazole rings is 1. The molecule has 1 aromatic carbocycles. The Labute approximate surface area is 233 Å². The lowest BCUT2D eigenvalue weighted by Gasteiger charge is -2.38. The topological polar surface area (TPSA) is 159 Å². The van der Waals surface area contributed by atoms with Gasteiger partial charge in [-0.1, -0.05) is 5.16 Å². The molecule has 2 aromatic heterocycles. The van der Waals surface area contributed by atoms with Gasteiger partial charge in [0.25, 0.3) is 15.9 Å². The first kappa shape index (κ1) is 27.5. The van der Waals surface area contributed by atoms with Crippen LogP contribution in [0.4, 0.5) is 0 Å². The molecule has 3 aromatic rings. The highest BCUT2D eigenvalue weighted by atomic mass is 32.2. The highest BCUT2D eigenvalue weighted by Crippen LogP contribution is 2.33. The molecule has 1 amide bonds. The third-order valence-corrected chi connectivity index (χ3v) is 11.3. The minimum Gasteiger partial charge on any atom is -0.464 e. The number of carbonyl (C=O) groups excluding carboxylic acids is 2. The Hall–Kier alpha value is -3.11. The van der Waals surface area contributed by atoms with E-state index in [0.717, 1.165) is 34.9 Å². The maximum absolute atomic E-state index is 13.6. The molecular formula is C24H28N6O6S3. The minimum absolute atomic E-state index is 0.0153. The quantitative estimate of drug-likeness (QED) is 0.142. The standard InChI is InChI=1S/C24H28N6O6S3/c1-3-36-24(32)17-12-29(8-9-30(17)23(31)22-26-16-6-7-28(2)13-19(16)38-22)39(34,35)20-11-15-10-14(21(25)27-33)4-5-18(15)37-20/h4-5,10-11,17,33H,3,6-9,12-13H2,1-2H3,(H2,25,27). The molecule has 5 rings (SSSR count). The van der Waals surface area contributed by atoms with Crippen LogP contribution in [0.2, 0.25) is 0 Å². The van der Waals surface area contributed by atoms with Crippen LogP contribution in [0, 0.1) is 0 Å². The second kappa shape index (κ2) is 10.8. The van der Waals surface area contributed by atoms with Crippen LogP contribution in [0.25, 0.3) is 10.1 Å². The molecule has 39 heavy (non-hydrogen) atoms. The number of thiophene rings is 1. The smallest absolute Gasteiger partial charge is 0.330 e. The summed E-state index contributed by atoms with van der Waals surface area (Å²) < 4.78 is 34.5. The minimum atomic E-state index is -3.99. The summed E-state index contributed by atoms with van der Waals surface area (Å²) >= 11 is 2.40. The maximum atomic E-state index is 13.6. The fourth-order valence-corrected chi connectivity index (χ4v) is 8.80. The SMILES string of the molecule is CCOC(=O)C1CN(S(=O)(=O)c2cc3cc(C(N)=NO)ccc3s2)CCN1C(=O)c1nc2c(s1)CN(C)CC2. The molecule has 0 spiro atoms. The number of oxime groups is 1. The number of rotatable bonds is 6. The zero-order valence-corrected chi connectivity index (χ0v) is 23.8. The summed E-state index contributed by atoms with van der Waals surface area (Å²) in [6, 6.07) is 5.41. The van der Waals surface area contributed by atoms with Crippen LogP contribution in [0.1, 0.15) is 32.9 Å². The van der Waals surface area contributed by atoms with Crippen molar-refractivity contribution in [3.05, 3.63) is 45.4 Å². The third kappa shape index (κ3) is 5.24. The van der Waals surface area contributed by atoms with Gasteiger partial charge in [0.1, 0.15) is 10.3 Å². The molecule has 0 aliphatic carbocycles.